The van der Waals surface area contributed by atoms with Gasteiger partial charge in [-0.2, -0.15) is 0 Å². The molecule has 0 aliphatic heterocycles. The Morgan fingerprint density at radius 3 is 2.78 bits per heavy atom. The molecule has 4 nitrogen and oxygen atoms in total. The third kappa shape index (κ3) is 2.82. The molecule has 0 aliphatic rings. The minimum atomic E-state index is -0.169. The van der Waals surface area contributed by atoms with Gasteiger partial charge in [-0.05, 0) is 37.6 Å². The molecule has 2 heterocycles. The van der Waals surface area contributed by atoms with Crippen LogP contribution >= 0.6 is 11.6 Å². The number of pyridine rings is 1. The van der Waals surface area contributed by atoms with E-state index < -0.39 is 0 Å². The predicted octanol–water partition coefficient (Wildman–Crippen LogP) is 4.03. The lowest BCUT2D eigenvalue weighted by Crippen LogP contribution is -2.29. The Bertz CT molecular complexity index is 885. The van der Waals surface area contributed by atoms with E-state index in [0.717, 1.165) is 22.2 Å². The molecule has 3 rings (SSSR count). The van der Waals surface area contributed by atoms with Crippen molar-refractivity contribution in [3.63, 3.8) is 0 Å². The van der Waals surface area contributed by atoms with Crippen LogP contribution < -0.4 is 5.32 Å². The SMILES string of the molecule is Cc1cccnc1C(C)NC(=O)c1cc2cccc(Cl)c2n1C. The zero-order valence-electron chi connectivity index (χ0n) is 13.3. The molecule has 2 aromatic heterocycles. The minimum absolute atomic E-state index is 0.141. The fourth-order valence-corrected chi connectivity index (χ4v) is 3.18. The summed E-state index contributed by atoms with van der Waals surface area (Å²) in [7, 11) is 1.85. The molecular weight excluding hydrogens is 310 g/mol. The fourth-order valence-electron chi connectivity index (χ4n) is 2.87. The van der Waals surface area contributed by atoms with Gasteiger partial charge in [-0.3, -0.25) is 9.78 Å². The lowest BCUT2D eigenvalue weighted by atomic mass is 10.1. The molecule has 1 amide bonds. The summed E-state index contributed by atoms with van der Waals surface area (Å²) >= 11 is 6.24. The minimum Gasteiger partial charge on any atom is -0.343 e. The van der Waals surface area contributed by atoms with E-state index in [1.165, 1.54) is 0 Å². The fraction of sp³-hybridized carbons (Fsp3) is 0.222. The predicted molar refractivity (Wildman–Crippen MR) is 92.8 cm³/mol. The van der Waals surface area contributed by atoms with Crippen molar-refractivity contribution in [1.82, 2.24) is 14.9 Å². The van der Waals surface area contributed by atoms with Gasteiger partial charge in [0.2, 0.25) is 0 Å². The average molecular weight is 328 g/mol. The van der Waals surface area contributed by atoms with E-state index in [9.17, 15) is 4.79 Å². The van der Waals surface area contributed by atoms with E-state index >= 15 is 0 Å². The van der Waals surface area contributed by atoms with Crippen LogP contribution in [0.15, 0.2) is 42.6 Å². The Morgan fingerprint density at radius 1 is 1.30 bits per heavy atom. The number of carbonyl (C=O) groups excluding carboxylic acids is 1. The second-order valence-corrected chi connectivity index (χ2v) is 6.07. The summed E-state index contributed by atoms with van der Waals surface area (Å²) in [6.45, 7) is 3.92. The molecule has 5 heteroatoms. The monoisotopic (exact) mass is 327 g/mol. The Morgan fingerprint density at radius 2 is 2.09 bits per heavy atom. The zero-order valence-corrected chi connectivity index (χ0v) is 14.1. The number of aryl methyl sites for hydroxylation is 2. The first-order chi connectivity index (χ1) is 11.0. The second-order valence-electron chi connectivity index (χ2n) is 5.67. The lowest BCUT2D eigenvalue weighted by molar-refractivity contribution is 0.0931. The normalized spacial score (nSPS) is 12.3. The molecule has 0 saturated carbocycles. The van der Waals surface area contributed by atoms with Crippen molar-refractivity contribution in [2.75, 3.05) is 0 Å². The van der Waals surface area contributed by atoms with E-state index in [1.807, 2.05) is 61.9 Å². The topological polar surface area (TPSA) is 46.9 Å². The van der Waals surface area contributed by atoms with Crippen molar-refractivity contribution in [3.8, 4) is 0 Å². The summed E-state index contributed by atoms with van der Waals surface area (Å²) in [5, 5.41) is 4.60. The lowest BCUT2D eigenvalue weighted by Gasteiger charge is -2.15. The third-order valence-electron chi connectivity index (χ3n) is 4.05. The number of halogens is 1. The van der Waals surface area contributed by atoms with E-state index in [-0.39, 0.29) is 11.9 Å². The van der Waals surface area contributed by atoms with Crippen LogP contribution in [0.5, 0.6) is 0 Å². The summed E-state index contributed by atoms with van der Waals surface area (Å²) < 4.78 is 1.82. The summed E-state index contributed by atoms with van der Waals surface area (Å²) in [5.41, 5.74) is 3.37. The van der Waals surface area contributed by atoms with Crippen molar-refractivity contribution in [2.24, 2.45) is 7.05 Å². The van der Waals surface area contributed by atoms with Crippen LogP contribution in [0, 0.1) is 6.92 Å². The maximum Gasteiger partial charge on any atom is 0.268 e. The van der Waals surface area contributed by atoms with Gasteiger partial charge in [-0.25, -0.2) is 0 Å². The number of nitrogens with zero attached hydrogens (tertiary/aromatic N) is 2. The largest absolute Gasteiger partial charge is 0.343 e. The highest BCUT2D eigenvalue weighted by atomic mass is 35.5. The molecule has 118 valence electrons. The molecule has 23 heavy (non-hydrogen) atoms. The molecule has 1 atom stereocenters. The molecule has 0 bridgehead atoms. The van der Waals surface area contributed by atoms with Gasteiger partial charge in [-0.1, -0.05) is 29.8 Å². The summed E-state index contributed by atoms with van der Waals surface area (Å²) in [6, 6.07) is 11.2. The maximum atomic E-state index is 12.6. The maximum absolute atomic E-state index is 12.6. The standard InChI is InChI=1S/C18H18ClN3O/c1-11-6-5-9-20-16(11)12(2)21-18(23)15-10-13-7-4-8-14(19)17(13)22(15)3/h4-10,12H,1-3H3,(H,21,23). The number of hydrogen-bond donors (Lipinski definition) is 1. The number of rotatable bonds is 3. The second kappa shape index (κ2) is 6.05. The van der Waals surface area contributed by atoms with Crippen LogP contribution in [-0.4, -0.2) is 15.5 Å². The zero-order chi connectivity index (χ0) is 16.6. The molecule has 0 spiro atoms. The highest BCUT2D eigenvalue weighted by molar-refractivity contribution is 6.35. The van der Waals surface area contributed by atoms with Crippen molar-refractivity contribution < 1.29 is 4.79 Å². The summed E-state index contributed by atoms with van der Waals surface area (Å²) in [4.78, 5) is 17.0. The van der Waals surface area contributed by atoms with Gasteiger partial charge in [0.05, 0.1) is 22.3 Å². The van der Waals surface area contributed by atoms with Gasteiger partial charge in [0.15, 0.2) is 0 Å². The Labute approximate surface area is 140 Å². The third-order valence-corrected chi connectivity index (χ3v) is 4.35. The first-order valence-electron chi connectivity index (χ1n) is 7.45. The van der Waals surface area contributed by atoms with E-state index in [0.29, 0.717) is 10.7 Å². The first kappa shape index (κ1) is 15.6. The van der Waals surface area contributed by atoms with Crippen LogP contribution in [0.4, 0.5) is 0 Å². The number of benzene rings is 1. The van der Waals surface area contributed by atoms with Crippen LogP contribution in [-0.2, 0) is 7.05 Å². The van der Waals surface area contributed by atoms with Crippen molar-refractivity contribution in [3.05, 3.63) is 64.6 Å². The van der Waals surface area contributed by atoms with E-state index in [2.05, 4.69) is 10.3 Å². The quantitative estimate of drug-likeness (QED) is 0.789. The van der Waals surface area contributed by atoms with Crippen LogP contribution in [0.25, 0.3) is 10.9 Å². The van der Waals surface area contributed by atoms with Gasteiger partial charge < -0.3 is 9.88 Å². The first-order valence-corrected chi connectivity index (χ1v) is 7.83. The highest BCUT2D eigenvalue weighted by Crippen LogP contribution is 2.26. The highest BCUT2D eigenvalue weighted by Gasteiger charge is 2.18. The number of amides is 1. The molecule has 1 N–H and O–H groups in total. The number of aromatic nitrogens is 2. The smallest absolute Gasteiger partial charge is 0.268 e. The van der Waals surface area contributed by atoms with Gasteiger partial charge in [0.1, 0.15) is 5.69 Å². The Hall–Kier alpha value is -2.33. The van der Waals surface area contributed by atoms with Crippen LogP contribution in [0.3, 0.4) is 0 Å². The molecule has 0 saturated heterocycles. The molecule has 0 radical (unpaired) electrons. The molecule has 3 aromatic rings. The van der Waals surface area contributed by atoms with Crippen molar-refractivity contribution >= 4 is 28.4 Å². The van der Waals surface area contributed by atoms with Crippen LogP contribution in [0.2, 0.25) is 5.02 Å². The number of nitrogens with one attached hydrogen (secondary N) is 1. The van der Waals surface area contributed by atoms with Gasteiger partial charge in [0, 0.05) is 18.6 Å². The van der Waals surface area contributed by atoms with E-state index in [4.69, 9.17) is 11.6 Å². The molecule has 0 aliphatic carbocycles. The molecule has 1 aromatic carbocycles. The number of carbonyl (C=O) groups is 1. The van der Waals surface area contributed by atoms with Gasteiger partial charge in [0.25, 0.3) is 5.91 Å². The van der Waals surface area contributed by atoms with Crippen molar-refractivity contribution in [1.29, 1.82) is 0 Å². The molecule has 0 fully saturated rings. The Balaban J connectivity index is 1.91. The number of para-hydroxylation sites is 1. The Kier molecular flexibility index (Phi) is 4.09. The molecular formula is C18H18ClN3O. The van der Waals surface area contributed by atoms with E-state index in [1.54, 1.807) is 6.20 Å². The van der Waals surface area contributed by atoms with Crippen molar-refractivity contribution in [2.45, 2.75) is 19.9 Å². The summed E-state index contributed by atoms with van der Waals surface area (Å²) in [6.07, 6.45) is 1.74. The van der Waals surface area contributed by atoms with Gasteiger partial charge in [-0.15, -0.1) is 0 Å². The number of fused-ring (bicyclic) bond motifs is 1. The van der Waals surface area contributed by atoms with Crippen LogP contribution in [0.1, 0.15) is 34.7 Å². The summed E-state index contributed by atoms with van der Waals surface area (Å²) in [5.74, 6) is -0.141. The number of hydrogen-bond acceptors (Lipinski definition) is 2. The van der Waals surface area contributed by atoms with Gasteiger partial charge >= 0.3 is 0 Å². The average Bonchev–Trinajstić information content (AvgIpc) is 2.86. The molecule has 1 unspecified atom stereocenters.